The molecule has 1 aromatic carbocycles. The molecule has 0 aliphatic carbocycles. The molecule has 0 heterocycles. The Bertz CT molecular complexity index is 346. The van der Waals surface area contributed by atoms with Crippen LogP contribution in [0.3, 0.4) is 0 Å². The molecule has 0 saturated carbocycles. The van der Waals surface area contributed by atoms with E-state index in [1.165, 1.54) is 5.56 Å². The highest BCUT2D eigenvalue weighted by atomic mass is 16.5. The highest BCUT2D eigenvalue weighted by Crippen LogP contribution is 2.23. The van der Waals surface area contributed by atoms with Gasteiger partial charge in [-0.1, -0.05) is 38.1 Å². The van der Waals surface area contributed by atoms with Crippen molar-refractivity contribution in [3.63, 3.8) is 0 Å². The molecule has 0 amide bonds. The van der Waals surface area contributed by atoms with Crippen molar-refractivity contribution >= 4 is 0 Å². The third kappa shape index (κ3) is 3.07. The van der Waals surface area contributed by atoms with Gasteiger partial charge in [0, 0.05) is 12.5 Å². The van der Waals surface area contributed by atoms with Crippen LogP contribution in [0.2, 0.25) is 0 Å². The first-order valence-electron chi connectivity index (χ1n) is 5.05. The summed E-state index contributed by atoms with van der Waals surface area (Å²) in [4.78, 5) is 0. The van der Waals surface area contributed by atoms with E-state index in [2.05, 4.69) is 32.0 Å². The molecule has 80 valence electrons. The molecule has 1 rings (SSSR count). The molecule has 2 nitrogen and oxygen atoms in total. The summed E-state index contributed by atoms with van der Waals surface area (Å²) >= 11 is 0. The van der Waals surface area contributed by atoms with E-state index in [1.807, 2.05) is 12.1 Å². The summed E-state index contributed by atoms with van der Waals surface area (Å²) in [5, 5.41) is 8.56. The van der Waals surface area contributed by atoms with Gasteiger partial charge in [0.05, 0.1) is 19.1 Å². The monoisotopic (exact) mass is 203 g/mol. The van der Waals surface area contributed by atoms with E-state index >= 15 is 0 Å². The van der Waals surface area contributed by atoms with Crippen molar-refractivity contribution in [2.45, 2.75) is 25.7 Å². The van der Waals surface area contributed by atoms with Crippen LogP contribution in [0.25, 0.3) is 0 Å². The number of nitrogens with zero attached hydrogens (tertiary/aromatic N) is 1. The molecule has 0 aliphatic rings. The number of rotatable bonds is 4. The van der Waals surface area contributed by atoms with Crippen molar-refractivity contribution in [3.8, 4) is 6.07 Å². The lowest BCUT2D eigenvalue weighted by molar-refractivity contribution is 0.146. The number of ether oxygens (including phenoxy) is 1. The van der Waals surface area contributed by atoms with Crippen LogP contribution in [-0.2, 0) is 16.6 Å². The van der Waals surface area contributed by atoms with Crippen LogP contribution in [0.15, 0.2) is 24.3 Å². The molecule has 0 saturated heterocycles. The van der Waals surface area contributed by atoms with Gasteiger partial charge in [-0.2, -0.15) is 5.26 Å². The highest BCUT2D eigenvalue weighted by Gasteiger charge is 2.19. The topological polar surface area (TPSA) is 33.0 Å². The fraction of sp³-hybridized carbons (Fsp3) is 0.462. The van der Waals surface area contributed by atoms with Crippen LogP contribution in [-0.4, -0.2) is 13.7 Å². The van der Waals surface area contributed by atoms with Gasteiger partial charge in [0.25, 0.3) is 0 Å². The Kier molecular flexibility index (Phi) is 3.88. The van der Waals surface area contributed by atoms with E-state index in [0.717, 1.165) is 5.56 Å². The summed E-state index contributed by atoms with van der Waals surface area (Å²) in [5.41, 5.74) is 2.33. The van der Waals surface area contributed by atoms with E-state index in [0.29, 0.717) is 13.0 Å². The lowest BCUT2D eigenvalue weighted by atomic mass is 9.85. The van der Waals surface area contributed by atoms with Gasteiger partial charge in [-0.25, -0.2) is 0 Å². The van der Waals surface area contributed by atoms with Crippen molar-refractivity contribution in [2.75, 3.05) is 13.7 Å². The Hall–Kier alpha value is -1.33. The fourth-order valence-corrected chi connectivity index (χ4v) is 1.61. The number of methoxy groups -OCH3 is 1. The third-order valence-corrected chi connectivity index (χ3v) is 2.52. The van der Waals surface area contributed by atoms with Crippen molar-refractivity contribution in [3.05, 3.63) is 35.4 Å². The third-order valence-electron chi connectivity index (χ3n) is 2.52. The Labute approximate surface area is 91.5 Å². The second-order valence-corrected chi connectivity index (χ2v) is 4.35. The van der Waals surface area contributed by atoms with Crippen molar-refractivity contribution < 1.29 is 4.74 Å². The van der Waals surface area contributed by atoms with E-state index in [9.17, 15) is 0 Å². The number of nitriles is 1. The van der Waals surface area contributed by atoms with Crippen molar-refractivity contribution in [1.29, 1.82) is 5.26 Å². The van der Waals surface area contributed by atoms with Gasteiger partial charge in [-0.15, -0.1) is 0 Å². The zero-order valence-electron chi connectivity index (χ0n) is 9.58. The summed E-state index contributed by atoms with van der Waals surface area (Å²) < 4.78 is 5.19. The smallest absolute Gasteiger partial charge is 0.0669 e. The maximum absolute atomic E-state index is 8.56. The minimum atomic E-state index is 0.0277. The van der Waals surface area contributed by atoms with Crippen LogP contribution >= 0.6 is 0 Å². The lowest BCUT2D eigenvalue weighted by Gasteiger charge is -2.24. The van der Waals surface area contributed by atoms with Crippen LogP contribution < -0.4 is 0 Å². The molecule has 0 fully saturated rings. The first-order chi connectivity index (χ1) is 7.10. The Morgan fingerprint density at radius 2 is 1.87 bits per heavy atom. The average Bonchev–Trinajstić information content (AvgIpc) is 2.19. The molecule has 0 spiro atoms. The number of benzene rings is 1. The number of hydrogen-bond acceptors (Lipinski definition) is 2. The van der Waals surface area contributed by atoms with Crippen LogP contribution in [0.1, 0.15) is 25.0 Å². The van der Waals surface area contributed by atoms with E-state index in [1.54, 1.807) is 7.11 Å². The van der Waals surface area contributed by atoms with E-state index < -0.39 is 0 Å². The van der Waals surface area contributed by atoms with Gasteiger partial charge in [-0.3, -0.25) is 0 Å². The van der Waals surface area contributed by atoms with Gasteiger partial charge in [0.15, 0.2) is 0 Å². The molecule has 0 radical (unpaired) electrons. The van der Waals surface area contributed by atoms with E-state index in [4.69, 9.17) is 10.00 Å². The molecule has 15 heavy (non-hydrogen) atoms. The molecule has 2 heteroatoms. The standard InChI is InChI=1S/C13H17NO/c1-13(2,10-15-3)12-6-4-11(5-7-12)8-9-14/h4-7H,8,10H2,1-3H3. The summed E-state index contributed by atoms with van der Waals surface area (Å²) in [7, 11) is 1.71. The predicted octanol–water partition coefficient (Wildman–Crippen LogP) is 2.68. The zero-order chi connectivity index (χ0) is 11.3. The van der Waals surface area contributed by atoms with Gasteiger partial charge in [0.1, 0.15) is 0 Å². The Morgan fingerprint density at radius 3 is 2.33 bits per heavy atom. The maximum atomic E-state index is 8.56. The molecule has 1 aromatic rings. The quantitative estimate of drug-likeness (QED) is 0.753. The summed E-state index contributed by atoms with van der Waals surface area (Å²) in [5.74, 6) is 0. The summed E-state index contributed by atoms with van der Waals surface area (Å²) in [6, 6.07) is 10.3. The molecular weight excluding hydrogens is 186 g/mol. The van der Waals surface area contributed by atoms with Gasteiger partial charge in [0.2, 0.25) is 0 Å². The first kappa shape index (κ1) is 11.7. The predicted molar refractivity (Wildman–Crippen MR) is 60.7 cm³/mol. The second-order valence-electron chi connectivity index (χ2n) is 4.35. The van der Waals surface area contributed by atoms with Crippen LogP contribution in [0.4, 0.5) is 0 Å². The van der Waals surface area contributed by atoms with Crippen LogP contribution in [0, 0.1) is 11.3 Å². The van der Waals surface area contributed by atoms with E-state index in [-0.39, 0.29) is 5.41 Å². The minimum Gasteiger partial charge on any atom is -0.384 e. The van der Waals surface area contributed by atoms with Crippen LogP contribution in [0.5, 0.6) is 0 Å². The second kappa shape index (κ2) is 4.95. The van der Waals surface area contributed by atoms with Gasteiger partial charge in [-0.05, 0) is 11.1 Å². The van der Waals surface area contributed by atoms with Crippen molar-refractivity contribution in [2.24, 2.45) is 0 Å². The zero-order valence-corrected chi connectivity index (χ0v) is 9.58. The molecule has 0 aliphatic heterocycles. The normalized spacial score (nSPS) is 11.1. The lowest BCUT2D eigenvalue weighted by Crippen LogP contribution is -2.23. The molecule has 0 aromatic heterocycles. The Morgan fingerprint density at radius 1 is 1.27 bits per heavy atom. The highest BCUT2D eigenvalue weighted by molar-refractivity contribution is 5.29. The van der Waals surface area contributed by atoms with Gasteiger partial charge >= 0.3 is 0 Å². The fourth-order valence-electron chi connectivity index (χ4n) is 1.61. The summed E-state index contributed by atoms with van der Waals surface area (Å²) in [6.45, 7) is 5.00. The van der Waals surface area contributed by atoms with Crippen molar-refractivity contribution in [1.82, 2.24) is 0 Å². The summed E-state index contributed by atoms with van der Waals surface area (Å²) in [6.07, 6.45) is 0.477. The maximum Gasteiger partial charge on any atom is 0.0669 e. The molecule has 0 bridgehead atoms. The van der Waals surface area contributed by atoms with Gasteiger partial charge < -0.3 is 4.74 Å². The molecule has 0 N–H and O–H groups in total. The molecule has 0 atom stereocenters. The first-order valence-corrected chi connectivity index (χ1v) is 5.05. The average molecular weight is 203 g/mol. The SMILES string of the molecule is COCC(C)(C)c1ccc(CC#N)cc1. The largest absolute Gasteiger partial charge is 0.384 e. The number of hydrogen-bond donors (Lipinski definition) is 0. The minimum absolute atomic E-state index is 0.0277. The Balaban J connectivity index is 2.84. The molecule has 0 unspecified atom stereocenters. The molecular formula is C13H17NO.